The molecule has 0 spiro atoms. The van der Waals surface area contributed by atoms with E-state index in [0.717, 1.165) is 12.8 Å². The molecule has 0 aliphatic heterocycles. The van der Waals surface area contributed by atoms with Crippen molar-refractivity contribution in [3.05, 3.63) is 0 Å². The van der Waals surface area contributed by atoms with Crippen molar-refractivity contribution in [3.63, 3.8) is 0 Å². The standard InChI is InChI=1S/C11H24ClN/c1-10(12)8-6-4-5-7-9-11(2,3)13/h10H,4-9,13H2,1-3H3. The molecule has 0 heterocycles. The van der Waals surface area contributed by atoms with Crippen LogP contribution in [0.1, 0.15) is 59.3 Å². The van der Waals surface area contributed by atoms with Crippen molar-refractivity contribution in [1.29, 1.82) is 0 Å². The summed E-state index contributed by atoms with van der Waals surface area (Å²) in [6.45, 7) is 6.24. The topological polar surface area (TPSA) is 26.0 Å². The number of alkyl halides is 1. The molecule has 0 saturated heterocycles. The number of hydrogen-bond donors (Lipinski definition) is 1. The maximum atomic E-state index is 5.88. The molecule has 2 N–H and O–H groups in total. The Labute approximate surface area is 88.0 Å². The molecule has 0 saturated carbocycles. The van der Waals surface area contributed by atoms with E-state index in [1.165, 1.54) is 25.7 Å². The highest BCUT2D eigenvalue weighted by Crippen LogP contribution is 2.14. The molecule has 0 aromatic carbocycles. The van der Waals surface area contributed by atoms with Gasteiger partial charge in [0.05, 0.1) is 0 Å². The summed E-state index contributed by atoms with van der Waals surface area (Å²) in [4.78, 5) is 0. The van der Waals surface area contributed by atoms with Gasteiger partial charge in [-0.25, -0.2) is 0 Å². The Hall–Kier alpha value is 0.250. The van der Waals surface area contributed by atoms with Gasteiger partial charge >= 0.3 is 0 Å². The highest BCUT2D eigenvalue weighted by atomic mass is 35.5. The van der Waals surface area contributed by atoms with Gasteiger partial charge in [0, 0.05) is 10.9 Å². The lowest BCUT2D eigenvalue weighted by Crippen LogP contribution is -2.31. The van der Waals surface area contributed by atoms with Gasteiger partial charge in [-0.1, -0.05) is 25.7 Å². The highest BCUT2D eigenvalue weighted by Gasteiger charge is 2.08. The van der Waals surface area contributed by atoms with E-state index >= 15 is 0 Å². The van der Waals surface area contributed by atoms with Crippen LogP contribution in [0.5, 0.6) is 0 Å². The molecule has 0 aromatic heterocycles. The summed E-state index contributed by atoms with van der Waals surface area (Å²) in [6, 6.07) is 0. The van der Waals surface area contributed by atoms with E-state index in [2.05, 4.69) is 20.8 Å². The lowest BCUT2D eigenvalue weighted by molar-refractivity contribution is 0.441. The predicted molar refractivity (Wildman–Crippen MR) is 61.3 cm³/mol. The Morgan fingerprint density at radius 3 is 2.15 bits per heavy atom. The van der Waals surface area contributed by atoms with Crippen molar-refractivity contribution < 1.29 is 0 Å². The van der Waals surface area contributed by atoms with Gasteiger partial charge in [-0.3, -0.25) is 0 Å². The Morgan fingerprint density at radius 2 is 1.69 bits per heavy atom. The Morgan fingerprint density at radius 1 is 1.15 bits per heavy atom. The minimum Gasteiger partial charge on any atom is -0.326 e. The van der Waals surface area contributed by atoms with Crippen LogP contribution in [0.25, 0.3) is 0 Å². The van der Waals surface area contributed by atoms with E-state index in [0.29, 0.717) is 5.38 Å². The average Bonchev–Trinajstić information content (AvgIpc) is 1.93. The first-order chi connectivity index (χ1) is 5.92. The Kier molecular flexibility index (Phi) is 6.79. The quantitative estimate of drug-likeness (QED) is 0.498. The second-order valence-electron chi connectivity index (χ2n) is 4.72. The lowest BCUT2D eigenvalue weighted by Gasteiger charge is -2.17. The molecule has 1 nitrogen and oxygen atoms in total. The molecule has 13 heavy (non-hydrogen) atoms. The largest absolute Gasteiger partial charge is 0.326 e. The summed E-state index contributed by atoms with van der Waals surface area (Å²) in [5, 5.41) is 0.339. The minimum atomic E-state index is 0.0137. The van der Waals surface area contributed by atoms with Crippen molar-refractivity contribution in [1.82, 2.24) is 0 Å². The van der Waals surface area contributed by atoms with E-state index in [9.17, 15) is 0 Å². The van der Waals surface area contributed by atoms with Crippen molar-refractivity contribution in [3.8, 4) is 0 Å². The summed E-state index contributed by atoms with van der Waals surface area (Å²) in [5.74, 6) is 0. The maximum absolute atomic E-state index is 5.88. The summed E-state index contributed by atoms with van der Waals surface area (Å²) in [5.41, 5.74) is 5.89. The zero-order valence-electron chi connectivity index (χ0n) is 9.28. The van der Waals surface area contributed by atoms with E-state index in [-0.39, 0.29) is 5.54 Å². The third-order valence-corrected chi connectivity index (χ3v) is 2.39. The average molecular weight is 206 g/mol. The molecule has 1 unspecified atom stereocenters. The van der Waals surface area contributed by atoms with Gasteiger partial charge in [0.2, 0.25) is 0 Å². The normalized spacial score (nSPS) is 14.5. The molecule has 2 heteroatoms. The summed E-state index contributed by atoms with van der Waals surface area (Å²) >= 11 is 5.84. The van der Waals surface area contributed by atoms with Gasteiger partial charge in [-0.15, -0.1) is 11.6 Å². The van der Waals surface area contributed by atoms with Crippen molar-refractivity contribution in [2.45, 2.75) is 70.2 Å². The summed E-state index contributed by atoms with van der Waals surface area (Å²) in [7, 11) is 0. The maximum Gasteiger partial charge on any atom is 0.0307 e. The fraction of sp³-hybridized carbons (Fsp3) is 1.00. The van der Waals surface area contributed by atoms with Gasteiger partial charge in [0.15, 0.2) is 0 Å². The SMILES string of the molecule is CC(Cl)CCCCCCC(C)(C)N. The third-order valence-electron chi connectivity index (χ3n) is 2.17. The summed E-state index contributed by atoms with van der Waals surface area (Å²) < 4.78 is 0. The van der Waals surface area contributed by atoms with Crippen LogP contribution in [0.15, 0.2) is 0 Å². The fourth-order valence-electron chi connectivity index (χ4n) is 1.36. The van der Waals surface area contributed by atoms with Crippen molar-refractivity contribution >= 4 is 11.6 Å². The van der Waals surface area contributed by atoms with Crippen LogP contribution in [-0.4, -0.2) is 10.9 Å². The van der Waals surface area contributed by atoms with Gasteiger partial charge in [0.1, 0.15) is 0 Å². The molecular weight excluding hydrogens is 182 g/mol. The van der Waals surface area contributed by atoms with Crippen LogP contribution in [-0.2, 0) is 0 Å². The molecule has 0 aliphatic carbocycles. The van der Waals surface area contributed by atoms with Crippen LogP contribution in [0.3, 0.4) is 0 Å². The fourth-order valence-corrected chi connectivity index (χ4v) is 1.51. The van der Waals surface area contributed by atoms with Crippen LogP contribution in [0.2, 0.25) is 0 Å². The molecule has 80 valence electrons. The molecule has 0 radical (unpaired) electrons. The first-order valence-corrected chi connectivity index (χ1v) is 5.78. The number of hydrogen-bond acceptors (Lipinski definition) is 1. The third kappa shape index (κ3) is 12.2. The van der Waals surface area contributed by atoms with Gasteiger partial charge < -0.3 is 5.73 Å². The van der Waals surface area contributed by atoms with Crippen LogP contribution in [0, 0.1) is 0 Å². The minimum absolute atomic E-state index is 0.0137. The lowest BCUT2D eigenvalue weighted by atomic mass is 9.97. The molecule has 0 rings (SSSR count). The van der Waals surface area contributed by atoms with Gasteiger partial charge in [-0.05, 0) is 33.6 Å². The second kappa shape index (κ2) is 6.67. The monoisotopic (exact) mass is 205 g/mol. The van der Waals surface area contributed by atoms with E-state index < -0.39 is 0 Å². The number of unbranched alkanes of at least 4 members (excludes halogenated alkanes) is 3. The molecule has 0 aliphatic rings. The molecule has 0 fully saturated rings. The Bertz CT molecular complexity index is 116. The number of rotatable bonds is 7. The second-order valence-corrected chi connectivity index (χ2v) is 5.47. The van der Waals surface area contributed by atoms with E-state index in [1.807, 2.05) is 0 Å². The first-order valence-electron chi connectivity index (χ1n) is 5.35. The zero-order chi connectivity index (χ0) is 10.3. The molecular formula is C11H24ClN. The van der Waals surface area contributed by atoms with Gasteiger partial charge in [0.25, 0.3) is 0 Å². The van der Waals surface area contributed by atoms with E-state index in [1.54, 1.807) is 0 Å². The first kappa shape index (κ1) is 13.2. The molecule has 0 aromatic rings. The van der Waals surface area contributed by atoms with Crippen molar-refractivity contribution in [2.24, 2.45) is 5.73 Å². The van der Waals surface area contributed by atoms with Crippen molar-refractivity contribution in [2.75, 3.05) is 0 Å². The van der Waals surface area contributed by atoms with Crippen LogP contribution in [0.4, 0.5) is 0 Å². The van der Waals surface area contributed by atoms with Crippen LogP contribution >= 0.6 is 11.6 Å². The summed E-state index contributed by atoms with van der Waals surface area (Å²) in [6.07, 6.45) is 7.38. The molecule has 0 amide bonds. The number of nitrogens with two attached hydrogens (primary N) is 1. The highest BCUT2D eigenvalue weighted by molar-refractivity contribution is 6.20. The molecule has 1 atom stereocenters. The number of halogens is 1. The molecule has 0 bridgehead atoms. The predicted octanol–water partition coefficient (Wildman–Crippen LogP) is 3.69. The smallest absolute Gasteiger partial charge is 0.0307 e. The Balaban J connectivity index is 3.09. The van der Waals surface area contributed by atoms with E-state index in [4.69, 9.17) is 17.3 Å². The van der Waals surface area contributed by atoms with Gasteiger partial charge in [-0.2, -0.15) is 0 Å². The zero-order valence-corrected chi connectivity index (χ0v) is 10.0. The van der Waals surface area contributed by atoms with Crippen LogP contribution < -0.4 is 5.73 Å².